The molecule has 4 nitrogen and oxygen atoms in total. The lowest BCUT2D eigenvalue weighted by molar-refractivity contribution is -0.119. The topological polar surface area (TPSA) is 55.4 Å². The summed E-state index contributed by atoms with van der Waals surface area (Å²) in [6.45, 7) is 3.86. The van der Waals surface area contributed by atoms with Crippen molar-refractivity contribution in [3.05, 3.63) is 29.8 Å². The van der Waals surface area contributed by atoms with E-state index in [0.717, 1.165) is 30.6 Å². The highest BCUT2D eigenvalue weighted by atomic mass is 32.2. The Labute approximate surface area is 142 Å². The number of hydrogen-bond donors (Lipinski definition) is 1. The predicted octanol–water partition coefficient (Wildman–Crippen LogP) is 3.79. The third-order valence-corrected chi connectivity index (χ3v) is 4.81. The van der Waals surface area contributed by atoms with Crippen LogP contribution < -0.4 is 5.32 Å². The lowest BCUT2D eigenvalue weighted by atomic mass is 9.98. The highest BCUT2D eigenvalue weighted by Gasteiger charge is 2.20. The van der Waals surface area contributed by atoms with Gasteiger partial charge in [0.05, 0.1) is 11.3 Å². The van der Waals surface area contributed by atoms with Crippen LogP contribution in [0.4, 0.5) is 0 Å². The number of carbonyl (C=O) groups excluding carboxylic acids is 2. The number of nitrogens with one attached hydrogen (secondary N) is 1. The molecule has 1 aliphatic rings. The van der Waals surface area contributed by atoms with E-state index in [4.69, 9.17) is 4.74 Å². The Morgan fingerprint density at radius 2 is 1.91 bits per heavy atom. The smallest absolute Gasteiger partial charge is 0.339 e. The molecule has 1 aliphatic carbocycles. The first-order chi connectivity index (χ1) is 11.1. The highest BCUT2D eigenvalue weighted by Crippen LogP contribution is 2.26. The van der Waals surface area contributed by atoms with Gasteiger partial charge in [-0.1, -0.05) is 18.6 Å². The third-order valence-electron chi connectivity index (χ3n) is 3.74. The second kappa shape index (κ2) is 8.96. The average Bonchev–Trinajstić information content (AvgIpc) is 2.53. The molecule has 1 saturated carbocycles. The molecule has 0 saturated heterocycles. The summed E-state index contributed by atoms with van der Waals surface area (Å²) in [5, 5.41) is 2.85. The van der Waals surface area contributed by atoms with Gasteiger partial charge < -0.3 is 10.1 Å². The monoisotopic (exact) mass is 335 g/mol. The van der Waals surface area contributed by atoms with Crippen LogP contribution in [0, 0.1) is 0 Å². The molecule has 0 aromatic heterocycles. The molecule has 1 N–H and O–H groups in total. The number of carbonyl (C=O) groups is 2. The van der Waals surface area contributed by atoms with Gasteiger partial charge in [-0.05, 0) is 51.7 Å². The maximum Gasteiger partial charge on any atom is 0.339 e. The highest BCUT2D eigenvalue weighted by molar-refractivity contribution is 8.00. The summed E-state index contributed by atoms with van der Waals surface area (Å²) in [5.41, 5.74) is 0.556. The van der Waals surface area contributed by atoms with Crippen LogP contribution in [0.25, 0.3) is 0 Å². The molecule has 1 aromatic rings. The number of benzene rings is 1. The van der Waals surface area contributed by atoms with Crippen molar-refractivity contribution in [2.24, 2.45) is 0 Å². The average molecular weight is 335 g/mol. The van der Waals surface area contributed by atoms with Gasteiger partial charge in [0.25, 0.3) is 0 Å². The number of hydrogen-bond acceptors (Lipinski definition) is 4. The molecule has 23 heavy (non-hydrogen) atoms. The van der Waals surface area contributed by atoms with E-state index in [0.29, 0.717) is 11.3 Å². The number of amides is 1. The van der Waals surface area contributed by atoms with Crippen LogP contribution in [0.2, 0.25) is 0 Å². The molecule has 0 bridgehead atoms. The molecular formula is C18H25NO3S. The zero-order chi connectivity index (χ0) is 16.7. The van der Waals surface area contributed by atoms with E-state index in [-0.39, 0.29) is 24.0 Å². The van der Waals surface area contributed by atoms with Gasteiger partial charge in [0.15, 0.2) is 0 Å². The van der Waals surface area contributed by atoms with Crippen molar-refractivity contribution in [3.8, 4) is 0 Å². The van der Waals surface area contributed by atoms with E-state index in [1.54, 1.807) is 6.07 Å². The fourth-order valence-electron chi connectivity index (χ4n) is 2.67. The van der Waals surface area contributed by atoms with Crippen molar-refractivity contribution >= 4 is 23.6 Å². The second-order valence-corrected chi connectivity index (χ2v) is 7.19. The minimum Gasteiger partial charge on any atom is -0.459 e. The lowest BCUT2D eigenvalue weighted by Gasteiger charge is -2.22. The van der Waals surface area contributed by atoms with E-state index in [9.17, 15) is 9.59 Å². The first kappa shape index (κ1) is 17.9. The van der Waals surface area contributed by atoms with Gasteiger partial charge in [0, 0.05) is 10.9 Å². The SMILES string of the molecule is CC(C)NC(=O)CSc1ccccc1C(=O)OC1CCCCC1. The van der Waals surface area contributed by atoms with E-state index in [2.05, 4.69) is 5.32 Å². The molecule has 0 heterocycles. The number of rotatable bonds is 6. The fraction of sp³-hybridized carbons (Fsp3) is 0.556. The first-order valence-electron chi connectivity index (χ1n) is 8.28. The van der Waals surface area contributed by atoms with Crippen LogP contribution in [0.3, 0.4) is 0 Å². The molecule has 2 rings (SSSR count). The summed E-state index contributed by atoms with van der Waals surface area (Å²) in [6, 6.07) is 7.46. The largest absolute Gasteiger partial charge is 0.459 e. The molecule has 1 amide bonds. The van der Waals surface area contributed by atoms with E-state index < -0.39 is 0 Å². The van der Waals surface area contributed by atoms with Gasteiger partial charge in [-0.3, -0.25) is 4.79 Å². The van der Waals surface area contributed by atoms with Crippen molar-refractivity contribution in [2.45, 2.75) is 63.0 Å². The summed E-state index contributed by atoms with van der Waals surface area (Å²) in [5.74, 6) is -0.00366. The Morgan fingerprint density at radius 3 is 2.61 bits per heavy atom. The number of ether oxygens (including phenoxy) is 1. The van der Waals surface area contributed by atoms with Crippen LogP contribution in [0.15, 0.2) is 29.2 Å². The minimum atomic E-state index is -0.274. The quantitative estimate of drug-likeness (QED) is 0.635. The lowest BCUT2D eigenvalue weighted by Crippen LogP contribution is -2.31. The van der Waals surface area contributed by atoms with Gasteiger partial charge in [0.1, 0.15) is 6.10 Å². The molecule has 1 aromatic carbocycles. The standard InChI is InChI=1S/C18H25NO3S/c1-13(2)19-17(20)12-23-16-11-7-6-10-15(16)18(21)22-14-8-4-3-5-9-14/h6-7,10-11,13-14H,3-5,8-9,12H2,1-2H3,(H,19,20). The summed E-state index contributed by atoms with van der Waals surface area (Å²) in [7, 11) is 0. The van der Waals surface area contributed by atoms with Crippen LogP contribution in [-0.4, -0.2) is 29.8 Å². The maximum absolute atomic E-state index is 12.4. The molecule has 0 radical (unpaired) electrons. The Bertz CT molecular complexity index is 539. The fourth-order valence-corrected chi connectivity index (χ4v) is 3.52. The molecule has 0 aliphatic heterocycles. The van der Waals surface area contributed by atoms with Gasteiger partial charge in [0.2, 0.25) is 5.91 Å². The summed E-state index contributed by atoms with van der Waals surface area (Å²) in [6.07, 6.45) is 5.44. The van der Waals surface area contributed by atoms with E-state index in [1.165, 1.54) is 18.2 Å². The van der Waals surface area contributed by atoms with Crippen molar-refractivity contribution in [1.29, 1.82) is 0 Å². The summed E-state index contributed by atoms with van der Waals surface area (Å²) < 4.78 is 5.64. The van der Waals surface area contributed by atoms with Crippen molar-refractivity contribution in [3.63, 3.8) is 0 Å². The molecule has 0 unspecified atom stereocenters. The summed E-state index contributed by atoms with van der Waals surface area (Å²) >= 11 is 1.37. The Morgan fingerprint density at radius 1 is 1.22 bits per heavy atom. The normalized spacial score (nSPS) is 15.4. The Balaban J connectivity index is 1.96. The summed E-state index contributed by atoms with van der Waals surface area (Å²) in [4.78, 5) is 25.0. The molecule has 1 fully saturated rings. The number of thioether (sulfide) groups is 1. The zero-order valence-electron chi connectivity index (χ0n) is 13.8. The minimum absolute atomic E-state index is 0.0274. The molecule has 126 valence electrons. The van der Waals surface area contributed by atoms with Gasteiger partial charge >= 0.3 is 5.97 Å². The Kier molecular flexibility index (Phi) is 6.96. The second-order valence-electron chi connectivity index (χ2n) is 6.17. The van der Waals surface area contributed by atoms with Crippen molar-refractivity contribution < 1.29 is 14.3 Å². The van der Waals surface area contributed by atoms with E-state index in [1.807, 2.05) is 32.0 Å². The Hall–Kier alpha value is -1.49. The van der Waals surface area contributed by atoms with Crippen molar-refractivity contribution in [1.82, 2.24) is 5.32 Å². The number of esters is 1. The van der Waals surface area contributed by atoms with Crippen LogP contribution in [0.1, 0.15) is 56.3 Å². The molecule has 0 spiro atoms. The third kappa shape index (κ3) is 5.90. The first-order valence-corrected chi connectivity index (χ1v) is 9.27. The molecule has 5 heteroatoms. The van der Waals surface area contributed by atoms with Crippen molar-refractivity contribution in [2.75, 3.05) is 5.75 Å². The van der Waals surface area contributed by atoms with Crippen LogP contribution in [0.5, 0.6) is 0 Å². The van der Waals surface area contributed by atoms with Crippen LogP contribution in [-0.2, 0) is 9.53 Å². The van der Waals surface area contributed by atoms with Crippen LogP contribution >= 0.6 is 11.8 Å². The zero-order valence-corrected chi connectivity index (χ0v) is 14.7. The van der Waals surface area contributed by atoms with Gasteiger partial charge in [-0.25, -0.2) is 4.79 Å². The predicted molar refractivity (Wildman–Crippen MR) is 92.7 cm³/mol. The van der Waals surface area contributed by atoms with E-state index >= 15 is 0 Å². The maximum atomic E-state index is 12.4. The van der Waals surface area contributed by atoms with Gasteiger partial charge in [-0.2, -0.15) is 0 Å². The van der Waals surface area contributed by atoms with Gasteiger partial charge in [-0.15, -0.1) is 11.8 Å². The molecular weight excluding hydrogens is 310 g/mol. The molecule has 0 atom stereocenters.